The molecule has 1 saturated heterocycles. The minimum atomic E-state index is 0.134. The number of ether oxygens (including phenoxy) is 1. The summed E-state index contributed by atoms with van der Waals surface area (Å²) in [5.74, 6) is 0. The summed E-state index contributed by atoms with van der Waals surface area (Å²) in [4.78, 5) is 2.52. The van der Waals surface area contributed by atoms with Crippen molar-refractivity contribution in [1.82, 2.24) is 10.2 Å². The maximum atomic E-state index is 5.59. The molecule has 2 rings (SSSR count). The summed E-state index contributed by atoms with van der Waals surface area (Å²) in [6, 6.07) is 8.94. The van der Waals surface area contributed by atoms with Crippen molar-refractivity contribution in [1.29, 1.82) is 0 Å². The molecule has 1 aromatic rings. The first-order valence-corrected chi connectivity index (χ1v) is 7.73. The van der Waals surface area contributed by atoms with Crippen LogP contribution in [0.5, 0.6) is 0 Å². The minimum absolute atomic E-state index is 0.134. The third kappa shape index (κ3) is 4.30. The molecule has 0 saturated carbocycles. The number of rotatable bonds is 6. The zero-order valence-electron chi connectivity index (χ0n) is 13.1. The molecule has 0 unspecified atom stereocenters. The SMILES string of the molecule is CCCNCc1cccc(CN2CCOCC2(C)C)c1. The van der Waals surface area contributed by atoms with Crippen LogP contribution in [0, 0.1) is 0 Å². The van der Waals surface area contributed by atoms with Crippen molar-refractivity contribution < 1.29 is 4.74 Å². The predicted molar refractivity (Wildman–Crippen MR) is 83.7 cm³/mol. The van der Waals surface area contributed by atoms with Crippen LogP contribution >= 0.6 is 0 Å². The lowest BCUT2D eigenvalue weighted by molar-refractivity contribution is -0.0552. The second-order valence-electron chi connectivity index (χ2n) is 6.28. The van der Waals surface area contributed by atoms with Crippen LogP contribution < -0.4 is 5.32 Å². The van der Waals surface area contributed by atoms with Gasteiger partial charge in [0.1, 0.15) is 0 Å². The van der Waals surface area contributed by atoms with Crippen LogP contribution in [0.1, 0.15) is 38.3 Å². The zero-order valence-corrected chi connectivity index (χ0v) is 13.1. The average molecular weight is 276 g/mol. The maximum absolute atomic E-state index is 5.59. The molecule has 20 heavy (non-hydrogen) atoms. The molecule has 0 aliphatic carbocycles. The Kier molecular flexibility index (Phi) is 5.58. The van der Waals surface area contributed by atoms with E-state index in [2.05, 4.69) is 55.3 Å². The normalized spacial score (nSPS) is 19.1. The van der Waals surface area contributed by atoms with Crippen molar-refractivity contribution in [3.63, 3.8) is 0 Å². The Morgan fingerprint density at radius 1 is 1.30 bits per heavy atom. The number of hydrogen-bond acceptors (Lipinski definition) is 3. The highest BCUT2D eigenvalue weighted by Crippen LogP contribution is 2.21. The van der Waals surface area contributed by atoms with Crippen molar-refractivity contribution >= 4 is 0 Å². The molecule has 0 radical (unpaired) electrons. The number of benzene rings is 1. The number of nitrogens with one attached hydrogen (secondary N) is 1. The van der Waals surface area contributed by atoms with Gasteiger partial charge in [-0.05, 0) is 37.9 Å². The smallest absolute Gasteiger partial charge is 0.0645 e. The van der Waals surface area contributed by atoms with Crippen LogP contribution in [-0.2, 0) is 17.8 Å². The first kappa shape index (κ1) is 15.5. The first-order chi connectivity index (χ1) is 9.62. The standard InChI is InChI=1S/C17H28N2O/c1-4-8-18-12-15-6-5-7-16(11-15)13-19-9-10-20-14-17(19,2)3/h5-7,11,18H,4,8-10,12-14H2,1-3H3. The van der Waals surface area contributed by atoms with Crippen molar-refractivity contribution in [3.05, 3.63) is 35.4 Å². The molecule has 3 heteroatoms. The molecule has 1 heterocycles. The van der Waals surface area contributed by atoms with Crippen LogP contribution in [0.2, 0.25) is 0 Å². The van der Waals surface area contributed by atoms with E-state index >= 15 is 0 Å². The zero-order chi connectivity index (χ0) is 14.4. The van der Waals surface area contributed by atoms with Gasteiger partial charge in [-0.2, -0.15) is 0 Å². The lowest BCUT2D eigenvalue weighted by Gasteiger charge is -2.42. The Labute approximate surface area is 123 Å². The molecule has 0 aromatic heterocycles. The van der Waals surface area contributed by atoms with Crippen LogP contribution in [0.3, 0.4) is 0 Å². The van der Waals surface area contributed by atoms with Gasteiger partial charge < -0.3 is 10.1 Å². The van der Waals surface area contributed by atoms with Crippen LogP contribution in [0.25, 0.3) is 0 Å². The largest absolute Gasteiger partial charge is 0.378 e. The van der Waals surface area contributed by atoms with Gasteiger partial charge in [0, 0.05) is 25.2 Å². The molecule has 3 nitrogen and oxygen atoms in total. The summed E-state index contributed by atoms with van der Waals surface area (Å²) in [7, 11) is 0. The van der Waals surface area contributed by atoms with Gasteiger partial charge in [-0.25, -0.2) is 0 Å². The number of nitrogens with zero attached hydrogens (tertiary/aromatic N) is 1. The third-order valence-corrected chi connectivity index (χ3v) is 3.94. The molecule has 112 valence electrons. The molecule has 0 bridgehead atoms. The van der Waals surface area contributed by atoms with E-state index in [1.807, 2.05) is 0 Å². The van der Waals surface area contributed by atoms with Gasteiger partial charge in [-0.3, -0.25) is 4.90 Å². The highest BCUT2D eigenvalue weighted by molar-refractivity contribution is 5.23. The average Bonchev–Trinajstić information content (AvgIpc) is 2.42. The monoisotopic (exact) mass is 276 g/mol. The quantitative estimate of drug-likeness (QED) is 0.809. The Bertz CT molecular complexity index is 417. The van der Waals surface area contributed by atoms with E-state index in [9.17, 15) is 0 Å². The fourth-order valence-corrected chi connectivity index (χ4v) is 2.65. The molecule has 1 N–H and O–H groups in total. The van der Waals surface area contributed by atoms with Crippen molar-refractivity contribution in [3.8, 4) is 0 Å². The molecule has 0 spiro atoms. The minimum Gasteiger partial charge on any atom is -0.378 e. The van der Waals surface area contributed by atoms with E-state index in [1.165, 1.54) is 17.5 Å². The number of hydrogen-bond donors (Lipinski definition) is 1. The summed E-state index contributed by atoms with van der Waals surface area (Å²) in [6.07, 6.45) is 1.18. The molecule has 1 aliphatic rings. The van der Waals surface area contributed by atoms with Crippen LogP contribution in [0.4, 0.5) is 0 Å². The van der Waals surface area contributed by atoms with E-state index < -0.39 is 0 Å². The Balaban J connectivity index is 1.96. The second kappa shape index (κ2) is 7.21. The topological polar surface area (TPSA) is 24.5 Å². The summed E-state index contributed by atoms with van der Waals surface area (Å²) < 4.78 is 5.59. The fraction of sp³-hybridized carbons (Fsp3) is 0.647. The van der Waals surface area contributed by atoms with Crippen molar-refractivity contribution in [2.24, 2.45) is 0 Å². The second-order valence-corrected chi connectivity index (χ2v) is 6.28. The molecule has 0 atom stereocenters. The van der Waals surface area contributed by atoms with Crippen LogP contribution in [-0.4, -0.2) is 36.7 Å². The highest BCUT2D eigenvalue weighted by Gasteiger charge is 2.30. The van der Waals surface area contributed by atoms with Gasteiger partial charge in [0.15, 0.2) is 0 Å². The highest BCUT2D eigenvalue weighted by atomic mass is 16.5. The predicted octanol–water partition coefficient (Wildman–Crippen LogP) is 2.80. The van der Waals surface area contributed by atoms with E-state index in [1.54, 1.807) is 0 Å². The Morgan fingerprint density at radius 2 is 2.10 bits per heavy atom. The lowest BCUT2D eigenvalue weighted by Crippen LogP contribution is -2.52. The van der Waals surface area contributed by atoms with E-state index in [0.717, 1.165) is 39.4 Å². The van der Waals surface area contributed by atoms with E-state index in [4.69, 9.17) is 4.74 Å². The molecule has 1 aromatic carbocycles. The van der Waals surface area contributed by atoms with Gasteiger partial charge in [-0.1, -0.05) is 31.2 Å². The molecular formula is C17H28N2O. The summed E-state index contributed by atoms with van der Waals surface area (Å²) in [5, 5.41) is 3.46. The molecular weight excluding hydrogens is 248 g/mol. The van der Waals surface area contributed by atoms with Gasteiger partial charge in [-0.15, -0.1) is 0 Å². The van der Waals surface area contributed by atoms with Crippen molar-refractivity contribution in [2.75, 3.05) is 26.3 Å². The maximum Gasteiger partial charge on any atom is 0.0645 e. The van der Waals surface area contributed by atoms with Gasteiger partial charge >= 0.3 is 0 Å². The number of morpholine rings is 1. The van der Waals surface area contributed by atoms with Gasteiger partial charge in [0.2, 0.25) is 0 Å². The Hall–Kier alpha value is -0.900. The molecule has 0 amide bonds. The summed E-state index contributed by atoms with van der Waals surface area (Å²) >= 11 is 0. The summed E-state index contributed by atoms with van der Waals surface area (Å²) in [6.45, 7) is 12.5. The molecule has 1 fully saturated rings. The van der Waals surface area contributed by atoms with E-state index in [-0.39, 0.29) is 5.54 Å². The first-order valence-electron chi connectivity index (χ1n) is 7.73. The summed E-state index contributed by atoms with van der Waals surface area (Å²) in [5.41, 5.74) is 2.91. The lowest BCUT2D eigenvalue weighted by atomic mass is 10.0. The third-order valence-electron chi connectivity index (χ3n) is 3.94. The molecule has 1 aliphatic heterocycles. The van der Waals surface area contributed by atoms with E-state index in [0.29, 0.717) is 0 Å². The van der Waals surface area contributed by atoms with Crippen LogP contribution in [0.15, 0.2) is 24.3 Å². The van der Waals surface area contributed by atoms with Gasteiger partial charge in [0.05, 0.1) is 13.2 Å². The fourth-order valence-electron chi connectivity index (χ4n) is 2.65. The van der Waals surface area contributed by atoms with Gasteiger partial charge in [0.25, 0.3) is 0 Å². The Morgan fingerprint density at radius 3 is 2.85 bits per heavy atom. The van der Waals surface area contributed by atoms with Crippen molar-refractivity contribution in [2.45, 2.75) is 45.8 Å².